The van der Waals surface area contributed by atoms with Crippen molar-refractivity contribution in [2.24, 2.45) is 0 Å². The zero-order valence-corrected chi connectivity index (χ0v) is 10.2. The summed E-state index contributed by atoms with van der Waals surface area (Å²) < 4.78 is 0. The molecule has 19 heavy (non-hydrogen) atoms. The summed E-state index contributed by atoms with van der Waals surface area (Å²) in [5.41, 5.74) is 1.36. The van der Waals surface area contributed by atoms with Gasteiger partial charge in [-0.1, -0.05) is 24.3 Å². The smallest absolute Gasteiger partial charge is 0.415 e. The molecule has 0 spiro atoms. The van der Waals surface area contributed by atoms with Crippen molar-refractivity contribution >= 4 is 11.8 Å². The highest BCUT2D eigenvalue weighted by atomic mass is 16.6. The van der Waals surface area contributed by atoms with Gasteiger partial charge in [0.05, 0.1) is 4.92 Å². The molecule has 0 bridgehead atoms. The van der Waals surface area contributed by atoms with Gasteiger partial charge in [0.15, 0.2) is 0 Å². The van der Waals surface area contributed by atoms with Gasteiger partial charge in [-0.3, -0.25) is 15.0 Å². The maximum Gasteiger partial charge on any atom is 0.415 e. The van der Waals surface area contributed by atoms with Crippen LogP contribution in [0.15, 0.2) is 48.3 Å². The lowest BCUT2D eigenvalue weighted by molar-refractivity contribution is -0.384. The Labute approximate surface area is 109 Å². The predicted molar refractivity (Wildman–Crippen MR) is 68.6 cm³/mol. The summed E-state index contributed by atoms with van der Waals surface area (Å²) in [5, 5.41) is 19.7. The van der Waals surface area contributed by atoms with Crippen LogP contribution in [0.25, 0.3) is 0 Å². The van der Waals surface area contributed by atoms with E-state index in [0.29, 0.717) is 5.70 Å². The number of non-ortho nitro benzene ring substituents is 1. The Kier molecular flexibility index (Phi) is 3.33. The van der Waals surface area contributed by atoms with Crippen LogP contribution >= 0.6 is 0 Å². The van der Waals surface area contributed by atoms with Gasteiger partial charge in [-0.15, -0.1) is 0 Å². The van der Waals surface area contributed by atoms with Gasteiger partial charge in [-0.2, -0.15) is 0 Å². The van der Waals surface area contributed by atoms with Gasteiger partial charge < -0.3 is 5.11 Å². The Hall–Kier alpha value is -2.63. The molecule has 1 aromatic carbocycles. The van der Waals surface area contributed by atoms with Crippen molar-refractivity contribution in [1.29, 1.82) is 0 Å². The molecule has 1 aliphatic heterocycles. The van der Waals surface area contributed by atoms with E-state index in [1.165, 1.54) is 18.3 Å². The number of amides is 1. The van der Waals surface area contributed by atoms with E-state index in [1.807, 2.05) is 0 Å². The molecule has 98 valence electrons. The molecule has 0 fully saturated rings. The van der Waals surface area contributed by atoms with Crippen LogP contribution in [-0.2, 0) is 0 Å². The SMILES string of the molecule is CC1=CC(c2cccc([N+](=O)[O-])c2)C=CN1C(=O)O. The summed E-state index contributed by atoms with van der Waals surface area (Å²) in [6.07, 6.45) is 3.86. The fourth-order valence-electron chi connectivity index (χ4n) is 1.96. The Morgan fingerprint density at radius 1 is 1.47 bits per heavy atom. The monoisotopic (exact) mass is 260 g/mol. The number of hydrogen-bond donors (Lipinski definition) is 1. The molecule has 2 rings (SSSR count). The molecule has 0 radical (unpaired) electrons. The first-order chi connectivity index (χ1) is 8.99. The minimum absolute atomic E-state index is 0.0256. The summed E-state index contributed by atoms with van der Waals surface area (Å²) in [6, 6.07) is 6.32. The molecule has 1 amide bonds. The average molecular weight is 260 g/mol. The quantitative estimate of drug-likeness (QED) is 0.654. The first kappa shape index (κ1) is 12.8. The van der Waals surface area contributed by atoms with E-state index in [-0.39, 0.29) is 11.6 Å². The number of hydrogen-bond acceptors (Lipinski definition) is 3. The van der Waals surface area contributed by atoms with E-state index in [0.717, 1.165) is 10.5 Å². The van der Waals surface area contributed by atoms with E-state index in [4.69, 9.17) is 5.11 Å². The molecule has 0 saturated carbocycles. The maximum atomic E-state index is 10.9. The Morgan fingerprint density at radius 3 is 2.79 bits per heavy atom. The number of benzene rings is 1. The minimum atomic E-state index is -1.05. The molecule has 0 saturated heterocycles. The van der Waals surface area contributed by atoms with Crippen molar-refractivity contribution in [2.45, 2.75) is 12.8 Å². The zero-order valence-electron chi connectivity index (χ0n) is 10.2. The van der Waals surface area contributed by atoms with Crippen molar-refractivity contribution in [1.82, 2.24) is 4.90 Å². The second-order valence-electron chi connectivity index (χ2n) is 4.18. The molecule has 1 unspecified atom stereocenters. The summed E-state index contributed by atoms with van der Waals surface area (Å²) in [5.74, 6) is -0.157. The summed E-state index contributed by atoms with van der Waals surface area (Å²) >= 11 is 0. The number of rotatable bonds is 2. The van der Waals surface area contributed by atoms with Crippen molar-refractivity contribution in [2.75, 3.05) is 0 Å². The average Bonchev–Trinajstić information content (AvgIpc) is 2.38. The molecule has 1 aliphatic rings. The van der Waals surface area contributed by atoms with Crippen LogP contribution in [0.4, 0.5) is 10.5 Å². The second kappa shape index (κ2) is 4.93. The van der Waals surface area contributed by atoms with Crippen LogP contribution in [-0.4, -0.2) is 21.0 Å². The molecular weight excluding hydrogens is 248 g/mol. The van der Waals surface area contributed by atoms with Crippen molar-refractivity contribution in [3.63, 3.8) is 0 Å². The third-order valence-electron chi connectivity index (χ3n) is 2.92. The van der Waals surface area contributed by atoms with Gasteiger partial charge in [-0.25, -0.2) is 4.79 Å². The molecular formula is C13H12N2O4. The number of nitro groups is 1. The van der Waals surface area contributed by atoms with Gasteiger partial charge in [0.1, 0.15) is 0 Å². The number of nitro benzene ring substituents is 1. The first-order valence-electron chi connectivity index (χ1n) is 5.62. The largest absolute Gasteiger partial charge is 0.464 e. The number of nitrogens with zero attached hydrogens (tertiary/aromatic N) is 2. The van der Waals surface area contributed by atoms with Crippen LogP contribution in [0.5, 0.6) is 0 Å². The molecule has 1 aromatic rings. The Morgan fingerprint density at radius 2 is 2.21 bits per heavy atom. The van der Waals surface area contributed by atoms with Crippen molar-refractivity contribution in [3.8, 4) is 0 Å². The van der Waals surface area contributed by atoms with Gasteiger partial charge in [0.2, 0.25) is 0 Å². The number of carbonyl (C=O) groups is 1. The molecule has 0 aliphatic carbocycles. The van der Waals surface area contributed by atoms with Crippen LogP contribution in [0.3, 0.4) is 0 Å². The van der Waals surface area contributed by atoms with E-state index >= 15 is 0 Å². The van der Waals surface area contributed by atoms with Crippen LogP contribution in [0.1, 0.15) is 18.4 Å². The number of allylic oxidation sites excluding steroid dienone is 3. The summed E-state index contributed by atoms with van der Waals surface area (Å²) in [6.45, 7) is 1.68. The molecule has 1 atom stereocenters. The molecule has 6 nitrogen and oxygen atoms in total. The van der Waals surface area contributed by atoms with E-state index < -0.39 is 11.0 Å². The van der Waals surface area contributed by atoms with Crippen molar-refractivity contribution < 1.29 is 14.8 Å². The highest BCUT2D eigenvalue weighted by Gasteiger charge is 2.19. The lowest BCUT2D eigenvalue weighted by Gasteiger charge is -2.22. The predicted octanol–water partition coefficient (Wildman–Crippen LogP) is 3.09. The van der Waals surface area contributed by atoms with Crippen LogP contribution in [0.2, 0.25) is 0 Å². The highest BCUT2D eigenvalue weighted by molar-refractivity contribution is 5.69. The van der Waals surface area contributed by atoms with Gasteiger partial charge in [0, 0.05) is 29.9 Å². The van der Waals surface area contributed by atoms with E-state index in [9.17, 15) is 14.9 Å². The Bertz CT molecular complexity index is 592. The third kappa shape index (κ3) is 2.62. The second-order valence-corrected chi connectivity index (χ2v) is 4.18. The normalized spacial score (nSPS) is 18.1. The van der Waals surface area contributed by atoms with Gasteiger partial charge >= 0.3 is 6.09 Å². The molecule has 1 N–H and O–H groups in total. The number of carboxylic acid groups (broad SMARTS) is 1. The summed E-state index contributed by atoms with van der Waals surface area (Å²) in [4.78, 5) is 22.3. The fraction of sp³-hybridized carbons (Fsp3) is 0.154. The minimum Gasteiger partial charge on any atom is -0.464 e. The highest BCUT2D eigenvalue weighted by Crippen LogP contribution is 2.28. The van der Waals surface area contributed by atoms with Crippen molar-refractivity contribution in [3.05, 3.63) is 64.0 Å². The zero-order chi connectivity index (χ0) is 14.0. The fourth-order valence-corrected chi connectivity index (χ4v) is 1.96. The Balaban J connectivity index is 2.30. The van der Waals surface area contributed by atoms with Crippen LogP contribution < -0.4 is 0 Å². The van der Waals surface area contributed by atoms with Crippen LogP contribution in [0, 0.1) is 10.1 Å². The molecule has 6 heteroatoms. The standard InChI is InChI=1S/C13H12N2O4/c1-9-7-11(5-6-14(9)13(16)17)10-3-2-4-12(8-10)15(18)19/h2-8,11H,1H3,(H,16,17). The lowest BCUT2D eigenvalue weighted by Crippen LogP contribution is -2.24. The molecule has 0 aromatic heterocycles. The first-order valence-corrected chi connectivity index (χ1v) is 5.62. The van der Waals surface area contributed by atoms with Gasteiger partial charge in [0.25, 0.3) is 5.69 Å². The lowest BCUT2D eigenvalue weighted by atomic mass is 9.95. The third-order valence-corrected chi connectivity index (χ3v) is 2.92. The summed E-state index contributed by atoms with van der Waals surface area (Å²) in [7, 11) is 0. The van der Waals surface area contributed by atoms with E-state index in [1.54, 1.807) is 31.2 Å². The van der Waals surface area contributed by atoms with Gasteiger partial charge in [-0.05, 0) is 12.5 Å². The van der Waals surface area contributed by atoms with E-state index in [2.05, 4.69) is 0 Å². The topological polar surface area (TPSA) is 83.7 Å². The molecule has 1 heterocycles. The maximum absolute atomic E-state index is 10.9.